The molecular weight excluding hydrogens is 1010 g/mol. The third kappa shape index (κ3) is 26.2. The lowest BCUT2D eigenvalue weighted by Gasteiger charge is -2.28. The Morgan fingerprint density at radius 3 is 1.61 bits per heavy atom. The first-order chi connectivity index (χ1) is 36.5. The number of hydrogen-bond acceptors (Lipinski definition) is 18. The zero-order chi connectivity index (χ0) is 58.2. The summed E-state index contributed by atoms with van der Waals surface area (Å²) >= 11 is 0. The van der Waals surface area contributed by atoms with E-state index in [1.165, 1.54) is 13.8 Å². The zero-order valence-electron chi connectivity index (χ0n) is 45.3. The minimum atomic E-state index is -1.68. The van der Waals surface area contributed by atoms with E-state index in [1.807, 2.05) is 0 Å². The minimum Gasteiger partial charge on any atom is -0.391 e. The second kappa shape index (κ2) is 37.6. The number of unbranched alkanes of at least 4 members (excludes halogenated alkanes) is 4. The van der Waals surface area contributed by atoms with Crippen molar-refractivity contribution in [1.82, 2.24) is 58.5 Å². The molecule has 1 heterocycles. The van der Waals surface area contributed by atoms with Gasteiger partial charge in [0.05, 0.1) is 18.8 Å². The third-order valence-electron chi connectivity index (χ3n) is 12.2. The maximum Gasteiger partial charge on any atom is 0.245 e. The number of aliphatic hydroxyl groups excluding tert-OH is 2. The summed E-state index contributed by atoms with van der Waals surface area (Å²) in [5.74, 6) is -9.84. The smallest absolute Gasteiger partial charge is 0.245 e. The number of carbonyl (C=O) groups excluding carboxylic acids is 11. The van der Waals surface area contributed by atoms with Crippen LogP contribution < -0.4 is 87.2 Å². The molecule has 440 valence electrons. The predicted molar refractivity (Wildman–Crippen MR) is 283 cm³/mol. The maximum atomic E-state index is 14.2. The number of nitrogens with one attached hydrogen (secondary N) is 11. The highest BCUT2D eigenvalue weighted by atomic mass is 16.3. The summed E-state index contributed by atoms with van der Waals surface area (Å²) < 4.78 is 0. The van der Waals surface area contributed by atoms with Crippen LogP contribution in [0.2, 0.25) is 0 Å². The molecular formula is C48H90N16O13. The Morgan fingerprint density at radius 1 is 0.571 bits per heavy atom. The second-order valence-corrected chi connectivity index (χ2v) is 19.5. The molecule has 0 aromatic rings. The molecule has 0 spiro atoms. The molecule has 1 aliphatic heterocycles. The van der Waals surface area contributed by atoms with Crippen molar-refractivity contribution in [3.8, 4) is 0 Å². The minimum absolute atomic E-state index is 0.00865. The fourth-order valence-corrected chi connectivity index (χ4v) is 7.96. The van der Waals surface area contributed by atoms with Crippen molar-refractivity contribution in [2.24, 2.45) is 34.6 Å². The number of aliphatic hydroxyl groups is 2. The molecule has 29 heteroatoms. The molecule has 23 N–H and O–H groups in total. The Kier molecular flexibility index (Phi) is 33.7. The van der Waals surface area contributed by atoms with E-state index in [2.05, 4.69) is 65.4 Å². The van der Waals surface area contributed by atoms with Gasteiger partial charge in [-0.05, 0) is 104 Å². The Morgan fingerprint density at radius 2 is 1.09 bits per heavy atom. The van der Waals surface area contributed by atoms with Gasteiger partial charge in [-0.3, -0.25) is 52.7 Å². The lowest BCUT2D eigenvalue weighted by Crippen LogP contribution is -2.61. The van der Waals surface area contributed by atoms with Crippen LogP contribution in [0.15, 0.2) is 0 Å². The van der Waals surface area contributed by atoms with Gasteiger partial charge >= 0.3 is 0 Å². The summed E-state index contributed by atoms with van der Waals surface area (Å²) in [7, 11) is 0. The van der Waals surface area contributed by atoms with E-state index in [4.69, 9.17) is 28.7 Å². The molecule has 0 aliphatic carbocycles. The van der Waals surface area contributed by atoms with Crippen molar-refractivity contribution in [1.29, 1.82) is 0 Å². The van der Waals surface area contributed by atoms with Crippen LogP contribution in [0, 0.1) is 5.92 Å². The molecule has 0 radical (unpaired) electrons. The van der Waals surface area contributed by atoms with E-state index in [1.54, 1.807) is 13.8 Å². The van der Waals surface area contributed by atoms with E-state index in [0.29, 0.717) is 6.42 Å². The van der Waals surface area contributed by atoms with E-state index < -0.39 is 151 Å². The Bertz CT molecular complexity index is 1930. The lowest BCUT2D eigenvalue weighted by atomic mass is 10.0. The first kappa shape index (κ1) is 68.9. The van der Waals surface area contributed by atoms with Crippen molar-refractivity contribution in [2.45, 2.75) is 185 Å². The largest absolute Gasteiger partial charge is 0.391 e. The first-order valence-electron chi connectivity index (χ1n) is 26.6. The van der Waals surface area contributed by atoms with Crippen LogP contribution in [0.25, 0.3) is 0 Å². The van der Waals surface area contributed by atoms with E-state index >= 15 is 0 Å². The molecule has 1 rings (SSSR count). The number of rotatable bonds is 27. The number of carbonyl (C=O) groups is 11. The molecule has 77 heavy (non-hydrogen) atoms. The highest BCUT2D eigenvalue weighted by Crippen LogP contribution is 2.10. The van der Waals surface area contributed by atoms with Crippen molar-refractivity contribution < 1.29 is 63.0 Å². The van der Waals surface area contributed by atoms with E-state index in [0.717, 1.165) is 25.7 Å². The molecule has 29 nitrogen and oxygen atoms in total. The zero-order valence-corrected chi connectivity index (χ0v) is 45.3. The normalized spacial score (nSPS) is 22.7. The Hall–Kier alpha value is -6.11. The second-order valence-electron chi connectivity index (χ2n) is 19.5. The van der Waals surface area contributed by atoms with Crippen molar-refractivity contribution in [3.63, 3.8) is 0 Å². The van der Waals surface area contributed by atoms with Gasteiger partial charge in [-0.1, -0.05) is 46.5 Å². The van der Waals surface area contributed by atoms with Crippen molar-refractivity contribution in [2.75, 3.05) is 45.8 Å². The van der Waals surface area contributed by atoms with Crippen molar-refractivity contribution >= 4 is 65.0 Å². The van der Waals surface area contributed by atoms with Gasteiger partial charge in [-0.2, -0.15) is 0 Å². The summed E-state index contributed by atoms with van der Waals surface area (Å²) in [4.78, 5) is 150. The van der Waals surface area contributed by atoms with Gasteiger partial charge in [0.15, 0.2) is 0 Å². The molecule has 1 aliphatic rings. The monoisotopic (exact) mass is 1100 g/mol. The van der Waals surface area contributed by atoms with Crippen LogP contribution in [0.1, 0.15) is 118 Å². The van der Waals surface area contributed by atoms with Crippen LogP contribution in [-0.2, 0) is 52.7 Å². The van der Waals surface area contributed by atoms with Gasteiger partial charge in [0.1, 0.15) is 54.4 Å². The number of nitrogens with two attached hydrogens (primary N) is 5. The topological polar surface area (TPSA) is 491 Å². The molecule has 0 aromatic heterocycles. The summed E-state index contributed by atoms with van der Waals surface area (Å²) in [5.41, 5.74) is 28.9. The fraction of sp³-hybridized carbons (Fsp3) is 0.771. The quantitative estimate of drug-likeness (QED) is 0.0340. The number of amides is 11. The van der Waals surface area contributed by atoms with Gasteiger partial charge in [0.25, 0.3) is 0 Å². The molecule has 1 saturated heterocycles. The average molecular weight is 1100 g/mol. The van der Waals surface area contributed by atoms with Gasteiger partial charge in [0.2, 0.25) is 65.0 Å². The Balaban J connectivity index is 3.65. The van der Waals surface area contributed by atoms with E-state index in [-0.39, 0.29) is 83.6 Å². The van der Waals surface area contributed by atoms with Gasteiger partial charge in [0, 0.05) is 13.0 Å². The standard InChI is InChI=1S/C48H90N16O13/c1-6-7-8-9-10-11-36(67)56-30(13-19-50)44(73)64-39(28(5)66)48(77)62-32(15-21-52)42(71)61-34-17-23-54-47(76)38(27(4)65)63-45(74)33(16-22-53)59-41(70)31(14-20-51)60-46(75)35(24-26(2)3)57-37(68)25-55-40(69)29(12-18-49)58-43(34)72/h26-35,38-39,65-66H,6-25,49-53H2,1-5H3,(H,54,76)(H,55,69)(H,56,67)(H,57,68)(H,58,72)(H,59,70)(H,60,75)(H,61,71)(H,62,77)(H,63,74)(H,64,73)/t27-,28-,29?,30+,31+,32+,33+,34?,35+,38?,39+/m1/s1. The van der Waals surface area contributed by atoms with Crippen LogP contribution in [-0.4, -0.2) is 188 Å². The first-order valence-corrected chi connectivity index (χ1v) is 26.6. The van der Waals surface area contributed by atoms with Crippen LogP contribution >= 0.6 is 0 Å². The molecule has 0 bridgehead atoms. The Labute approximate surface area is 450 Å². The summed E-state index contributed by atoms with van der Waals surface area (Å²) in [6.07, 6.45) is 0.322. The molecule has 0 saturated carbocycles. The average Bonchev–Trinajstić information content (AvgIpc) is 3.36. The van der Waals surface area contributed by atoms with Crippen molar-refractivity contribution in [3.05, 3.63) is 0 Å². The maximum absolute atomic E-state index is 14.2. The molecule has 11 amide bonds. The summed E-state index contributed by atoms with van der Waals surface area (Å²) in [6.45, 7) is 6.21. The molecule has 1 fully saturated rings. The SMILES string of the molecule is CCCCCCCC(=O)N[C@@H](CCN)C(=O)N[C@H](C(=O)N[C@@H](CCN)C(=O)NC1CCNC(=O)C([C@@H](C)O)NC(=O)[C@H](CCN)NC(=O)[C@H](CCN)NC(=O)[C@H](CC(C)C)NC(=O)CNC(=O)C(CCN)NC1=O)[C@@H](C)O. The molecule has 3 unspecified atom stereocenters. The summed E-state index contributed by atoms with van der Waals surface area (Å²) in [6, 6.07) is -13.1. The van der Waals surface area contributed by atoms with Gasteiger partial charge < -0.3 is 97.4 Å². The predicted octanol–water partition coefficient (Wildman–Crippen LogP) is -7.10. The lowest BCUT2D eigenvalue weighted by molar-refractivity contribution is -0.136. The van der Waals surface area contributed by atoms with Gasteiger partial charge in [-0.25, -0.2) is 0 Å². The van der Waals surface area contributed by atoms with Gasteiger partial charge in [-0.15, -0.1) is 0 Å². The van der Waals surface area contributed by atoms with E-state index in [9.17, 15) is 63.0 Å². The van der Waals surface area contributed by atoms with Crippen LogP contribution in [0.5, 0.6) is 0 Å². The number of hydrogen-bond donors (Lipinski definition) is 18. The van der Waals surface area contributed by atoms with Crippen LogP contribution in [0.3, 0.4) is 0 Å². The highest BCUT2D eigenvalue weighted by Gasteiger charge is 2.36. The summed E-state index contributed by atoms with van der Waals surface area (Å²) in [5, 5.41) is 48.6. The highest BCUT2D eigenvalue weighted by molar-refractivity contribution is 5.98. The molecule has 11 atom stereocenters. The molecule has 0 aromatic carbocycles. The van der Waals surface area contributed by atoms with Crippen LogP contribution in [0.4, 0.5) is 0 Å². The fourth-order valence-electron chi connectivity index (χ4n) is 7.96. The third-order valence-corrected chi connectivity index (χ3v) is 12.2.